The zero-order chi connectivity index (χ0) is 46.4. The van der Waals surface area contributed by atoms with Gasteiger partial charge in [0.15, 0.2) is 17.5 Å². The Morgan fingerprint density at radius 3 is 2.10 bits per heavy atom. The highest BCUT2D eigenvalue weighted by Crippen LogP contribution is 2.41. The van der Waals surface area contributed by atoms with E-state index in [1.54, 1.807) is 48.5 Å². The molecule has 0 N–H and O–H groups in total. The first kappa shape index (κ1) is 18.2. The molecule has 5 nitrogen and oxygen atoms in total. The van der Waals surface area contributed by atoms with Crippen LogP contribution in [-0.2, 0) is 0 Å². The van der Waals surface area contributed by atoms with Crippen LogP contribution in [0.4, 0.5) is 0 Å². The van der Waals surface area contributed by atoms with Crippen LogP contribution in [0.15, 0.2) is 172 Å². The Balaban J connectivity index is 1.26. The Morgan fingerprint density at radius 1 is 0.423 bits per heavy atom. The number of nitrogens with zero attached hydrogens (tertiary/aromatic N) is 3. The summed E-state index contributed by atoms with van der Waals surface area (Å²) in [5.41, 5.74) is 0.846. The van der Waals surface area contributed by atoms with Crippen molar-refractivity contribution in [1.82, 2.24) is 15.0 Å². The van der Waals surface area contributed by atoms with Crippen molar-refractivity contribution in [2.24, 2.45) is 0 Å². The van der Waals surface area contributed by atoms with E-state index >= 15 is 0 Å². The van der Waals surface area contributed by atoms with Gasteiger partial charge in [-0.2, -0.15) is 0 Å². The normalized spacial score (nSPS) is 15.6. The van der Waals surface area contributed by atoms with Gasteiger partial charge in [0.05, 0.1) is 19.2 Å². The molecule has 0 bridgehead atoms. The van der Waals surface area contributed by atoms with E-state index in [-0.39, 0.29) is 89.7 Å². The molecule has 52 heavy (non-hydrogen) atoms. The molecule has 0 aliphatic carbocycles. The molecule has 0 saturated heterocycles. The molecule has 11 aromatic rings. The van der Waals surface area contributed by atoms with Crippen molar-refractivity contribution in [1.29, 1.82) is 0 Å². The number of benzene rings is 8. The van der Waals surface area contributed by atoms with E-state index in [4.69, 9.17) is 36.1 Å². The van der Waals surface area contributed by atoms with E-state index in [9.17, 15) is 6.85 Å². The zero-order valence-corrected chi connectivity index (χ0v) is 26.7. The molecule has 0 radical (unpaired) electrons. The lowest BCUT2D eigenvalue weighted by atomic mass is 9.98. The average Bonchev–Trinajstić information content (AvgIpc) is 3.91. The van der Waals surface area contributed by atoms with Crippen molar-refractivity contribution in [2.75, 3.05) is 0 Å². The van der Waals surface area contributed by atoms with Crippen LogP contribution in [0.1, 0.15) is 19.2 Å². The van der Waals surface area contributed by atoms with Crippen LogP contribution >= 0.6 is 0 Å². The molecule has 0 saturated carbocycles. The largest absolute Gasteiger partial charge is 0.456 e. The molecular weight excluding hydrogens is 639 g/mol. The van der Waals surface area contributed by atoms with Crippen LogP contribution in [0.3, 0.4) is 0 Å². The molecule has 11 rings (SSSR count). The minimum atomic E-state index is -0.611. The summed E-state index contributed by atoms with van der Waals surface area (Å²) >= 11 is 0. The van der Waals surface area contributed by atoms with Crippen LogP contribution in [0.2, 0.25) is 0 Å². The predicted molar refractivity (Wildman–Crippen MR) is 211 cm³/mol. The van der Waals surface area contributed by atoms with Crippen molar-refractivity contribution in [2.45, 2.75) is 0 Å². The first-order valence-electron chi connectivity index (χ1n) is 23.2. The first-order valence-corrected chi connectivity index (χ1v) is 16.2. The molecule has 0 unspecified atom stereocenters. The maximum Gasteiger partial charge on any atom is 0.164 e. The fourth-order valence-corrected chi connectivity index (χ4v) is 6.62. The van der Waals surface area contributed by atoms with Gasteiger partial charge in [0.25, 0.3) is 0 Å². The number of aromatic nitrogens is 3. The van der Waals surface area contributed by atoms with Gasteiger partial charge in [-0.1, -0.05) is 133 Å². The zero-order valence-electron chi connectivity index (χ0n) is 40.7. The van der Waals surface area contributed by atoms with E-state index in [0.29, 0.717) is 27.7 Å². The summed E-state index contributed by atoms with van der Waals surface area (Å²) in [7, 11) is 0. The van der Waals surface area contributed by atoms with Gasteiger partial charge >= 0.3 is 0 Å². The highest BCUT2D eigenvalue weighted by molar-refractivity contribution is 6.15. The van der Waals surface area contributed by atoms with Crippen molar-refractivity contribution in [3.63, 3.8) is 0 Å². The lowest BCUT2D eigenvalue weighted by Crippen LogP contribution is -2.00. The molecule has 0 atom stereocenters. The number of para-hydroxylation sites is 2. The summed E-state index contributed by atoms with van der Waals surface area (Å²) in [5.74, 6) is -0.544. The van der Waals surface area contributed by atoms with Crippen LogP contribution in [-0.4, -0.2) is 15.0 Å². The molecule has 5 heteroatoms. The van der Waals surface area contributed by atoms with E-state index in [1.807, 2.05) is 24.3 Å². The molecule has 0 fully saturated rings. The molecule has 0 amide bonds. The summed E-state index contributed by atoms with van der Waals surface area (Å²) in [6.07, 6.45) is 0. The van der Waals surface area contributed by atoms with Gasteiger partial charge in [-0.05, 0) is 57.4 Å². The van der Waals surface area contributed by atoms with Crippen molar-refractivity contribution in [3.8, 4) is 45.3 Å². The predicted octanol–water partition coefficient (Wildman–Crippen LogP) is 12.6. The van der Waals surface area contributed by atoms with Crippen molar-refractivity contribution in [3.05, 3.63) is 163 Å². The van der Waals surface area contributed by atoms with Gasteiger partial charge in [-0.3, -0.25) is 0 Å². The smallest absolute Gasteiger partial charge is 0.164 e. The number of furan rings is 2. The number of fused-ring (bicyclic) bond motifs is 9. The minimum Gasteiger partial charge on any atom is -0.456 e. The number of rotatable bonds is 4. The second kappa shape index (κ2) is 11.2. The molecule has 3 heterocycles. The topological polar surface area (TPSA) is 65.0 Å². The molecule has 0 aliphatic heterocycles. The lowest BCUT2D eigenvalue weighted by Gasteiger charge is -2.11. The fraction of sp³-hybridized carbons (Fsp3) is 0. The van der Waals surface area contributed by atoms with Gasteiger partial charge in [0.2, 0.25) is 0 Å². The van der Waals surface area contributed by atoms with Crippen molar-refractivity contribution >= 4 is 65.4 Å². The standard InChI is InChI=1S/C47H27N3O2/c1-2-11-30(12-3-1)45-48-46(32-23-22-29-21-20-28-10-4-5-13-33(28)38(29)27-32)50-47(49-45)37-17-9-19-42-43(37)39-26-31(24-25-41(39)51-42)34-15-8-16-36-35-14-6-7-18-40(35)52-44(34)36/h1-27H/i4D,5D,9D,10D,13D,17D,19D,20D,21D,22D,23D,24D,25D,26D. The second-order valence-electron chi connectivity index (χ2n) is 12.1. The minimum absolute atomic E-state index is 0.00380. The SMILES string of the molecule is [2H]c1c(-c2cccc3c2oc2ccccc23)c([2H])c2c(oc3c([2H])c([2H])c([2H])c(-c4nc(-c5ccccc5)nc(-c5cc6c(c([2H])c5[2H])c([2H])c([2H])c5c([2H])c([2H])c([2H])c([2H])c56)n4)c32)c1[2H]. The number of hydrogen-bond acceptors (Lipinski definition) is 5. The van der Waals surface area contributed by atoms with Crippen LogP contribution < -0.4 is 0 Å². The average molecular weight is 680 g/mol. The number of hydrogen-bond donors (Lipinski definition) is 0. The molecule has 0 spiro atoms. The Labute approximate surface area is 317 Å². The van der Waals surface area contributed by atoms with Crippen LogP contribution in [0.5, 0.6) is 0 Å². The van der Waals surface area contributed by atoms with E-state index in [0.717, 1.165) is 5.39 Å². The van der Waals surface area contributed by atoms with Gasteiger partial charge in [-0.15, -0.1) is 0 Å². The van der Waals surface area contributed by atoms with Gasteiger partial charge in [0.1, 0.15) is 22.3 Å². The lowest BCUT2D eigenvalue weighted by molar-refractivity contribution is 0.668. The Bertz CT molecular complexity index is 4000. The molecule has 8 aromatic carbocycles. The van der Waals surface area contributed by atoms with Crippen LogP contribution in [0, 0.1) is 0 Å². The Hall–Kier alpha value is -7.11. The summed E-state index contributed by atoms with van der Waals surface area (Å²) < 4.78 is 138. The van der Waals surface area contributed by atoms with Gasteiger partial charge in [-0.25, -0.2) is 15.0 Å². The van der Waals surface area contributed by atoms with Crippen molar-refractivity contribution < 1.29 is 28.0 Å². The first-order chi connectivity index (χ1) is 31.6. The third kappa shape index (κ3) is 4.46. The third-order valence-corrected chi connectivity index (χ3v) is 9.03. The molecule has 242 valence electrons. The third-order valence-electron chi connectivity index (χ3n) is 9.03. The highest BCUT2D eigenvalue weighted by atomic mass is 16.3. The highest BCUT2D eigenvalue weighted by Gasteiger charge is 2.20. The van der Waals surface area contributed by atoms with E-state index in [2.05, 4.69) is 0 Å². The maximum atomic E-state index is 9.76. The summed E-state index contributed by atoms with van der Waals surface area (Å²) in [4.78, 5) is 14.2. The molecule has 0 aliphatic rings. The monoisotopic (exact) mass is 679 g/mol. The summed E-state index contributed by atoms with van der Waals surface area (Å²) in [6, 6.07) is 15.4. The van der Waals surface area contributed by atoms with Crippen LogP contribution in [0.25, 0.3) is 111 Å². The summed E-state index contributed by atoms with van der Waals surface area (Å²) in [5, 5.41) is 0.744. The quantitative estimate of drug-likeness (QED) is 0.173. The van der Waals surface area contributed by atoms with E-state index in [1.165, 1.54) is 6.07 Å². The van der Waals surface area contributed by atoms with E-state index < -0.39 is 72.5 Å². The summed E-state index contributed by atoms with van der Waals surface area (Å²) in [6.45, 7) is 0. The second-order valence-corrected chi connectivity index (χ2v) is 12.1. The van der Waals surface area contributed by atoms with Gasteiger partial charge < -0.3 is 8.83 Å². The maximum absolute atomic E-state index is 9.76. The fourth-order valence-electron chi connectivity index (χ4n) is 6.62. The van der Waals surface area contributed by atoms with Gasteiger partial charge in [0, 0.05) is 43.8 Å². The Kier molecular flexibility index (Phi) is 3.93. The molecular formula is C47H27N3O2. The Morgan fingerprint density at radius 2 is 1.17 bits per heavy atom. The molecule has 3 aromatic heterocycles.